The molecular formula is C17H17N3O4S. The molecule has 0 spiro atoms. The molecule has 1 unspecified atom stereocenters. The van der Waals surface area contributed by atoms with Gasteiger partial charge in [-0.05, 0) is 25.0 Å². The second-order valence-corrected chi connectivity index (χ2v) is 6.68. The monoisotopic (exact) mass is 359 g/mol. The average Bonchev–Trinajstić information content (AvgIpc) is 3.38. The Morgan fingerprint density at radius 3 is 3.04 bits per heavy atom. The highest BCUT2D eigenvalue weighted by molar-refractivity contribution is 7.99. The summed E-state index contributed by atoms with van der Waals surface area (Å²) in [5.41, 5.74) is 0.762. The molecule has 130 valence electrons. The minimum absolute atomic E-state index is 0.0796. The molecule has 25 heavy (non-hydrogen) atoms. The number of aromatic nitrogens is 2. The molecule has 1 aromatic carbocycles. The summed E-state index contributed by atoms with van der Waals surface area (Å²) in [6, 6.07) is 9.52. The lowest BCUT2D eigenvalue weighted by Crippen LogP contribution is -2.32. The van der Waals surface area contributed by atoms with Gasteiger partial charge in [0, 0.05) is 18.5 Å². The first-order chi connectivity index (χ1) is 12.3. The lowest BCUT2D eigenvalue weighted by Gasteiger charge is -2.09. The van der Waals surface area contributed by atoms with E-state index in [0.717, 1.165) is 30.4 Å². The predicted molar refractivity (Wildman–Crippen MR) is 92.2 cm³/mol. The summed E-state index contributed by atoms with van der Waals surface area (Å²) >= 11 is 1.20. The van der Waals surface area contributed by atoms with Crippen molar-refractivity contribution < 1.29 is 18.4 Å². The van der Waals surface area contributed by atoms with E-state index in [2.05, 4.69) is 15.5 Å². The Morgan fingerprint density at radius 1 is 1.28 bits per heavy atom. The number of ether oxygens (including phenoxy) is 1. The molecule has 2 aromatic heterocycles. The van der Waals surface area contributed by atoms with Gasteiger partial charge in [0.05, 0.1) is 11.9 Å². The molecule has 7 nitrogen and oxygen atoms in total. The molecule has 1 aliphatic heterocycles. The number of nitrogens with one attached hydrogen (secondary N) is 1. The van der Waals surface area contributed by atoms with E-state index >= 15 is 0 Å². The molecule has 1 aliphatic rings. The lowest BCUT2D eigenvalue weighted by molar-refractivity contribution is -0.119. The van der Waals surface area contributed by atoms with Crippen molar-refractivity contribution in [1.82, 2.24) is 15.5 Å². The molecule has 3 heterocycles. The molecule has 1 fully saturated rings. The van der Waals surface area contributed by atoms with Crippen LogP contribution in [-0.4, -0.2) is 41.1 Å². The number of amides is 1. The molecule has 1 saturated heterocycles. The van der Waals surface area contributed by atoms with Gasteiger partial charge in [-0.1, -0.05) is 30.0 Å². The van der Waals surface area contributed by atoms with E-state index in [-0.39, 0.29) is 17.8 Å². The number of nitrogens with zero attached hydrogens (tertiary/aromatic N) is 2. The Balaban J connectivity index is 1.32. The number of fused-ring (bicyclic) bond motifs is 1. The van der Waals surface area contributed by atoms with E-state index in [1.807, 2.05) is 30.3 Å². The van der Waals surface area contributed by atoms with Crippen molar-refractivity contribution in [2.24, 2.45) is 0 Å². The number of thioether (sulfide) groups is 1. The van der Waals surface area contributed by atoms with Crippen molar-refractivity contribution >= 4 is 28.6 Å². The third-order valence-electron chi connectivity index (χ3n) is 3.92. The van der Waals surface area contributed by atoms with Gasteiger partial charge in [-0.2, -0.15) is 0 Å². The van der Waals surface area contributed by atoms with Gasteiger partial charge in [-0.15, -0.1) is 10.2 Å². The molecule has 4 rings (SSSR count). The third-order valence-corrected chi connectivity index (χ3v) is 4.74. The SMILES string of the molecule is O=C(CSc1nnc(-c2cc3ccccc3o2)o1)NCC1CCCO1. The molecule has 0 radical (unpaired) electrons. The van der Waals surface area contributed by atoms with Gasteiger partial charge in [0.2, 0.25) is 5.91 Å². The number of furan rings is 1. The summed E-state index contributed by atoms with van der Waals surface area (Å²) in [4.78, 5) is 11.9. The van der Waals surface area contributed by atoms with E-state index in [4.69, 9.17) is 13.6 Å². The maximum absolute atomic E-state index is 11.9. The van der Waals surface area contributed by atoms with Crippen LogP contribution in [0, 0.1) is 0 Å². The Labute approximate surface area is 148 Å². The van der Waals surface area contributed by atoms with E-state index in [0.29, 0.717) is 23.4 Å². The van der Waals surface area contributed by atoms with Crippen LogP contribution in [-0.2, 0) is 9.53 Å². The van der Waals surface area contributed by atoms with Crippen LogP contribution < -0.4 is 5.32 Å². The summed E-state index contributed by atoms with van der Waals surface area (Å²) < 4.78 is 16.7. The Bertz CT molecular complexity index is 837. The number of hydrogen-bond donors (Lipinski definition) is 1. The summed E-state index contributed by atoms with van der Waals surface area (Å²) in [6.07, 6.45) is 2.19. The van der Waals surface area contributed by atoms with Crippen molar-refractivity contribution in [3.8, 4) is 11.7 Å². The zero-order valence-corrected chi connectivity index (χ0v) is 14.3. The summed E-state index contributed by atoms with van der Waals surface area (Å²) in [5, 5.41) is 12.1. The minimum atomic E-state index is -0.0796. The number of carbonyl (C=O) groups is 1. The van der Waals surface area contributed by atoms with Crippen LogP contribution in [0.5, 0.6) is 0 Å². The normalized spacial score (nSPS) is 17.2. The second-order valence-electron chi connectivity index (χ2n) is 5.75. The zero-order valence-electron chi connectivity index (χ0n) is 13.4. The number of hydrogen-bond acceptors (Lipinski definition) is 7. The van der Waals surface area contributed by atoms with Crippen LogP contribution in [0.15, 0.2) is 44.4 Å². The Hall–Kier alpha value is -2.32. The zero-order chi connectivity index (χ0) is 17.1. The largest absolute Gasteiger partial charge is 0.451 e. The maximum Gasteiger partial charge on any atom is 0.284 e. The van der Waals surface area contributed by atoms with Crippen LogP contribution in [0.2, 0.25) is 0 Å². The quantitative estimate of drug-likeness (QED) is 0.677. The highest BCUT2D eigenvalue weighted by Crippen LogP contribution is 2.28. The lowest BCUT2D eigenvalue weighted by atomic mass is 10.2. The van der Waals surface area contributed by atoms with Crippen molar-refractivity contribution in [3.05, 3.63) is 30.3 Å². The van der Waals surface area contributed by atoms with Crippen LogP contribution in [0.3, 0.4) is 0 Å². The highest BCUT2D eigenvalue weighted by Gasteiger charge is 2.17. The first kappa shape index (κ1) is 16.2. The van der Waals surface area contributed by atoms with Gasteiger partial charge in [0.25, 0.3) is 11.1 Å². The average molecular weight is 359 g/mol. The molecule has 0 aliphatic carbocycles. The summed E-state index contributed by atoms with van der Waals surface area (Å²) in [7, 11) is 0. The van der Waals surface area contributed by atoms with Gasteiger partial charge in [0.1, 0.15) is 5.58 Å². The maximum atomic E-state index is 11.9. The number of rotatable bonds is 6. The molecule has 0 bridgehead atoms. The van der Waals surface area contributed by atoms with Crippen molar-refractivity contribution in [2.75, 3.05) is 18.9 Å². The van der Waals surface area contributed by atoms with Crippen molar-refractivity contribution in [2.45, 2.75) is 24.2 Å². The fourth-order valence-corrected chi connectivity index (χ4v) is 3.26. The minimum Gasteiger partial charge on any atom is -0.451 e. The standard InChI is InChI=1S/C17H17N3O4S/c21-15(18-9-12-5-3-7-22-12)10-25-17-20-19-16(24-17)14-8-11-4-1-2-6-13(11)23-14/h1-2,4,6,8,12H,3,5,7,9-10H2,(H,18,21). The Morgan fingerprint density at radius 2 is 2.20 bits per heavy atom. The molecular weight excluding hydrogens is 342 g/mol. The van der Waals surface area contributed by atoms with Crippen LogP contribution in [0.25, 0.3) is 22.6 Å². The molecule has 0 saturated carbocycles. The summed E-state index contributed by atoms with van der Waals surface area (Å²) in [5.74, 6) is 0.958. The van der Waals surface area contributed by atoms with Crippen molar-refractivity contribution in [3.63, 3.8) is 0 Å². The number of carbonyl (C=O) groups excluding carboxylic acids is 1. The topological polar surface area (TPSA) is 90.4 Å². The predicted octanol–water partition coefficient (Wildman–Crippen LogP) is 2.87. The molecule has 3 aromatic rings. The van der Waals surface area contributed by atoms with Gasteiger partial charge in [-0.25, -0.2) is 0 Å². The smallest absolute Gasteiger partial charge is 0.284 e. The molecule has 1 amide bonds. The van der Waals surface area contributed by atoms with E-state index in [1.54, 1.807) is 0 Å². The van der Waals surface area contributed by atoms with Gasteiger partial charge in [0.15, 0.2) is 5.76 Å². The number of para-hydroxylation sites is 1. The molecule has 1 atom stereocenters. The summed E-state index contributed by atoms with van der Waals surface area (Å²) in [6.45, 7) is 1.33. The van der Waals surface area contributed by atoms with Gasteiger partial charge < -0.3 is 18.9 Å². The fourth-order valence-electron chi connectivity index (χ4n) is 2.67. The second kappa shape index (κ2) is 7.28. The first-order valence-corrected chi connectivity index (χ1v) is 9.10. The van der Waals surface area contributed by atoms with Gasteiger partial charge in [-0.3, -0.25) is 4.79 Å². The fraction of sp³-hybridized carbons (Fsp3) is 0.353. The van der Waals surface area contributed by atoms with Crippen LogP contribution in [0.4, 0.5) is 0 Å². The first-order valence-electron chi connectivity index (χ1n) is 8.11. The van der Waals surface area contributed by atoms with Crippen LogP contribution >= 0.6 is 11.8 Å². The molecule has 8 heteroatoms. The Kier molecular flexibility index (Phi) is 4.71. The van der Waals surface area contributed by atoms with E-state index < -0.39 is 0 Å². The number of benzene rings is 1. The molecule has 1 N–H and O–H groups in total. The van der Waals surface area contributed by atoms with E-state index in [1.165, 1.54) is 11.8 Å². The highest BCUT2D eigenvalue weighted by atomic mass is 32.2. The van der Waals surface area contributed by atoms with E-state index in [9.17, 15) is 4.79 Å². The third kappa shape index (κ3) is 3.85. The van der Waals surface area contributed by atoms with Crippen molar-refractivity contribution in [1.29, 1.82) is 0 Å². The van der Waals surface area contributed by atoms with Crippen LogP contribution in [0.1, 0.15) is 12.8 Å². The van der Waals surface area contributed by atoms with Gasteiger partial charge >= 0.3 is 0 Å².